The van der Waals surface area contributed by atoms with Crippen molar-refractivity contribution in [3.8, 4) is 0 Å². The average molecular weight is 537 g/mol. The number of aromatic nitrogens is 1. The molecule has 1 fully saturated rings. The van der Waals surface area contributed by atoms with Crippen LogP contribution in [-0.2, 0) is 22.4 Å². The molecule has 2 N–H and O–H groups in total. The van der Waals surface area contributed by atoms with Gasteiger partial charge in [0, 0.05) is 28.8 Å². The van der Waals surface area contributed by atoms with E-state index in [1.807, 2.05) is 56.0 Å². The van der Waals surface area contributed by atoms with Crippen LogP contribution >= 0.6 is 0 Å². The Morgan fingerprint density at radius 1 is 1.07 bits per heavy atom. The third-order valence-electron chi connectivity index (χ3n) is 8.81. The summed E-state index contributed by atoms with van der Waals surface area (Å²) in [5.41, 5.74) is 7.78. The number of carbonyl (C=O) groups excluding carboxylic acids is 2. The van der Waals surface area contributed by atoms with E-state index < -0.39 is 12.1 Å². The molecule has 2 aliphatic rings. The van der Waals surface area contributed by atoms with E-state index in [1.165, 1.54) is 11.1 Å². The van der Waals surface area contributed by atoms with E-state index >= 15 is 0 Å². The molecule has 2 heterocycles. The predicted octanol–water partition coefficient (Wildman–Crippen LogP) is 5.83. The third-order valence-corrected chi connectivity index (χ3v) is 8.81. The minimum Gasteiger partial charge on any atom is -0.346 e. The second-order valence-corrected chi connectivity index (χ2v) is 11.5. The van der Waals surface area contributed by atoms with Gasteiger partial charge in [-0.25, -0.2) is 0 Å². The van der Waals surface area contributed by atoms with Crippen molar-refractivity contribution in [2.24, 2.45) is 11.8 Å². The van der Waals surface area contributed by atoms with E-state index in [1.54, 1.807) is 6.20 Å². The molecule has 0 radical (unpaired) electrons. The molecule has 5 rings (SSSR count). The van der Waals surface area contributed by atoms with Gasteiger partial charge in [0.05, 0.1) is 6.04 Å². The molecule has 1 unspecified atom stereocenters. The number of para-hydroxylation sites is 1. The Morgan fingerprint density at radius 2 is 1.73 bits per heavy atom. The predicted molar refractivity (Wildman–Crippen MR) is 160 cm³/mol. The first kappa shape index (κ1) is 27.6. The fourth-order valence-corrected chi connectivity index (χ4v) is 6.41. The van der Waals surface area contributed by atoms with Crippen molar-refractivity contribution in [1.82, 2.24) is 15.2 Å². The highest BCUT2D eigenvalue weighted by Gasteiger charge is 2.48. The summed E-state index contributed by atoms with van der Waals surface area (Å²) in [6, 6.07) is 16.7. The summed E-state index contributed by atoms with van der Waals surface area (Å²) in [5, 5.41) is 6.52. The molecule has 4 atom stereocenters. The summed E-state index contributed by atoms with van der Waals surface area (Å²) in [6.45, 7) is 14.7. The van der Waals surface area contributed by atoms with Gasteiger partial charge < -0.3 is 15.5 Å². The fraction of sp³-hybridized carbons (Fsp3) is 0.382. The topological polar surface area (TPSA) is 74.3 Å². The minimum absolute atomic E-state index is 0.00551. The summed E-state index contributed by atoms with van der Waals surface area (Å²) >= 11 is 0. The summed E-state index contributed by atoms with van der Waals surface area (Å²) in [6.07, 6.45) is 4.32. The minimum atomic E-state index is -0.767. The van der Waals surface area contributed by atoms with Crippen LogP contribution in [-0.4, -0.2) is 33.8 Å². The van der Waals surface area contributed by atoms with Gasteiger partial charge in [-0.15, -0.1) is 0 Å². The van der Waals surface area contributed by atoms with Crippen molar-refractivity contribution < 1.29 is 9.59 Å². The maximum atomic E-state index is 14.4. The number of nitrogens with one attached hydrogen (secondary N) is 2. The molecule has 1 saturated heterocycles. The van der Waals surface area contributed by atoms with E-state index in [9.17, 15) is 9.59 Å². The van der Waals surface area contributed by atoms with Gasteiger partial charge in [-0.05, 0) is 79.8 Å². The molecule has 6 heteroatoms. The number of piperazine rings is 1. The number of amides is 2. The van der Waals surface area contributed by atoms with Crippen molar-refractivity contribution in [3.05, 3.63) is 107 Å². The number of nitrogens with zero attached hydrogens (tertiary/aromatic N) is 2. The number of rotatable bonds is 7. The van der Waals surface area contributed by atoms with E-state index in [-0.39, 0.29) is 29.7 Å². The summed E-state index contributed by atoms with van der Waals surface area (Å²) in [5.74, 6) is -0.0627. The summed E-state index contributed by atoms with van der Waals surface area (Å²) < 4.78 is 0. The largest absolute Gasteiger partial charge is 0.346 e. The van der Waals surface area contributed by atoms with E-state index in [0.29, 0.717) is 0 Å². The zero-order valence-corrected chi connectivity index (χ0v) is 24.2. The van der Waals surface area contributed by atoms with Crippen LogP contribution in [0.4, 0.5) is 5.69 Å². The lowest BCUT2D eigenvalue weighted by Gasteiger charge is -2.49. The molecule has 3 aromatic rings. The third kappa shape index (κ3) is 5.15. The Kier molecular flexibility index (Phi) is 7.79. The van der Waals surface area contributed by atoms with Crippen molar-refractivity contribution >= 4 is 17.5 Å². The van der Waals surface area contributed by atoms with Crippen molar-refractivity contribution in [2.45, 2.75) is 72.0 Å². The van der Waals surface area contributed by atoms with Gasteiger partial charge in [-0.2, -0.15) is 0 Å². The maximum absolute atomic E-state index is 14.4. The van der Waals surface area contributed by atoms with Gasteiger partial charge in [-0.3, -0.25) is 14.6 Å². The Labute approximate surface area is 237 Å². The number of hydrogen-bond donors (Lipinski definition) is 2. The molecule has 0 bridgehead atoms. The highest BCUT2D eigenvalue weighted by atomic mass is 16.2. The number of pyridine rings is 1. The van der Waals surface area contributed by atoms with Gasteiger partial charge in [0.15, 0.2) is 0 Å². The first-order valence-corrected chi connectivity index (χ1v) is 14.3. The molecule has 1 aliphatic heterocycles. The van der Waals surface area contributed by atoms with E-state index in [4.69, 9.17) is 0 Å². The molecule has 0 spiro atoms. The Balaban J connectivity index is 1.60. The Hall–Kier alpha value is -3.93. The number of hydrogen-bond acceptors (Lipinski definition) is 4. The van der Waals surface area contributed by atoms with Crippen molar-refractivity contribution in [1.29, 1.82) is 0 Å². The Bertz CT molecular complexity index is 1420. The van der Waals surface area contributed by atoms with E-state index in [2.05, 4.69) is 60.3 Å². The maximum Gasteiger partial charge on any atom is 0.251 e. The first-order chi connectivity index (χ1) is 19.2. The van der Waals surface area contributed by atoms with Crippen LogP contribution in [0.5, 0.6) is 0 Å². The van der Waals surface area contributed by atoms with Crippen LogP contribution in [0.2, 0.25) is 0 Å². The number of benzene rings is 2. The zero-order valence-electron chi connectivity index (χ0n) is 24.2. The van der Waals surface area contributed by atoms with Crippen LogP contribution in [0.3, 0.4) is 0 Å². The van der Waals surface area contributed by atoms with Gasteiger partial charge in [0.2, 0.25) is 5.91 Å². The Morgan fingerprint density at radius 3 is 2.35 bits per heavy atom. The van der Waals surface area contributed by atoms with Crippen LogP contribution in [0.15, 0.2) is 73.1 Å². The summed E-state index contributed by atoms with van der Waals surface area (Å²) in [7, 11) is 0. The monoisotopic (exact) mass is 536 g/mol. The lowest BCUT2D eigenvalue weighted by molar-refractivity contribution is -0.135. The second kappa shape index (κ2) is 11.3. The van der Waals surface area contributed by atoms with Crippen molar-refractivity contribution in [3.63, 3.8) is 0 Å². The molecule has 6 nitrogen and oxygen atoms in total. The first-order valence-electron chi connectivity index (χ1n) is 14.3. The smallest absolute Gasteiger partial charge is 0.251 e. The number of aryl methyl sites for hydroxylation is 3. The molecule has 0 saturated carbocycles. The van der Waals surface area contributed by atoms with Gasteiger partial charge in [0.25, 0.3) is 5.91 Å². The molecule has 2 amide bonds. The second-order valence-electron chi connectivity index (χ2n) is 11.5. The van der Waals surface area contributed by atoms with E-state index in [0.717, 1.165) is 53.0 Å². The molecule has 208 valence electrons. The normalized spacial score (nSPS) is 20.6. The van der Waals surface area contributed by atoms with Crippen LogP contribution in [0.25, 0.3) is 0 Å². The fourth-order valence-electron chi connectivity index (χ4n) is 6.41. The number of fused-ring (bicyclic) bond motifs is 1. The summed E-state index contributed by atoms with van der Waals surface area (Å²) in [4.78, 5) is 34.9. The van der Waals surface area contributed by atoms with Crippen LogP contribution < -0.4 is 10.6 Å². The average Bonchev–Trinajstić information content (AvgIpc) is 3.36. The highest BCUT2D eigenvalue weighted by molar-refractivity contribution is 5.97. The van der Waals surface area contributed by atoms with Crippen LogP contribution in [0, 0.1) is 32.6 Å². The molecule has 1 aliphatic carbocycles. The van der Waals surface area contributed by atoms with Crippen LogP contribution in [0.1, 0.15) is 59.8 Å². The molecule has 2 aromatic carbocycles. The number of anilines is 1. The van der Waals surface area contributed by atoms with Gasteiger partial charge >= 0.3 is 0 Å². The van der Waals surface area contributed by atoms with Gasteiger partial charge in [-0.1, -0.05) is 69.3 Å². The standard InChI is InChI=1S/C34H40N4O2/c1-7-20(2)31-33(39)37-30(27-17-25-13-9-10-14-26(25)18-27)24(6)38(31)32(28-19-35-23(5)16-22(28)4)34(40)36-29-15-11-8-12-21(29)3/h8-16,19-20,27,30-32H,6-7,17-18H2,1-5H3,(H,36,40)(H,37,39)/t20-,30-,31+,32?/m0/s1. The molecular formula is C34H40N4O2. The van der Waals surface area contributed by atoms with Gasteiger partial charge in [0.1, 0.15) is 12.1 Å². The lowest BCUT2D eigenvalue weighted by Crippen LogP contribution is -2.63. The molecule has 40 heavy (non-hydrogen) atoms. The molecule has 1 aromatic heterocycles. The number of carbonyl (C=O) groups is 2. The zero-order chi connectivity index (χ0) is 28.6. The quantitative estimate of drug-likeness (QED) is 0.398. The lowest BCUT2D eigenvalue weighted by atomic mass is 9.84. The highest BCUT2D eigenvalue weighted by Crippen LogP contribution is 2.40. The SMILES string of the molecule is C=C1[C@@H](C2Cc3ccccc3C2)NC(=O)[C@@H]([C@@H](C)CC)N1C(C(=O)Nc1ccccc1C)c1cnc(C)cc1C. The molecular weight excluding hydrogens is 496 g/mol. The van der Waals surface area contributed by atoms with Crippen molar-refractivity contribution in [2.75, 3.05) is 5.32 Å².